The molecule has 3 heteroatoms. The maximum atomic E-state index is 4.30. The zero-order valence-electron chi connectivity index (χ0n) is 13.0. The third-order valence-electron chi connectivity index (χ3n) is 4.28. The molecule has 1 aliphatic heterocycles. The molecule has 0 radical (unpaired) electrons. The van der Waals surface area contributed by atoms with Gasteiger partial charge in [-0.2, -0.15) is 0 Å². The van der Waals surface area contributed by atoms with Crippen LogP contribution in [0.3, 0.4) is 0 Å². The van der Waals surface area contributed by atoms with Crippen molar-refractivity contribution in [3.8, 4) is 0 Å². The van der Waals surface area contributed by atoms with Crippen molar-refractivity contribution >= 4 is 11.8 Å². The first-order chi connectivity index (χ1) is 10.9. The molecule has 1 saturated heterocycles. The number of pyridine rings is 1. The molecule has 2 heterocycles. The molecule has 0 aliphatic carbocycles. The molecule has 1 aromatic carbocycles. The molecular formula is C19H24N2S. The Kier molecular flexibility index (Phi) is 5.91. The Morgan fingerprint density at radius 2 is 2.00 bits per heavy atom. The lowest BCUT2D eigenvalue weighted by atomic mass is 9.96. The number of likely N-dealkylation sites (tertiary alicyclic amines) is 1. The zero-order valence-corrected chi connectivity index (χ0v) is 13.8. The number of nitrogens with zero attached hydrogens (tertiary/aromatic N) is 2. The minimum absolute atomic E-state index is 0.573. The lowest BCUT2D eigenvalue weighted by molar-refractivity contribution is 0.149. The van der Waals surface area contributed by atoms with E-state index >= 15 is 0 Å². The van der Waals surface area contributed by atoms with Gasteiger partial charge in [0.1, 0.15) is 0 Å². The average Bonchev–Trinajstić information content (AvgIpc) is 2.61. The maximum absolute atomic E-state index is 4.30. The van der Waals surface area contributed by atoms with Crippen LogP contribution in [0.25, 0.3) is 0 Å². The van der Waals surface area contributed by atoms with Crippen LogP contribution in [0.2, 0.25) is 0 Å². The molecule has 0 saturated carbocycles. The maximum Gasteiger partial charge on any atom is 0.0363 e. The molecule has 1 fully saturated rings. The van der Waals surface area contributed by atoms with Gasteiger partial charge in [-0.25, -0.2) is 0 Å². The first-order valence-corrected chi connectivity index (χ1v) is 9.24. The number of rotatable bonds is 6. The Balaban J connectivity index is 1.49. The Labute approximate surface area is 138 Å². The Hall–Kier alpha value is -1.32. The molecule has 1 unspecified atom stereocenters. The summed E-state index contributed by atoms with van der Waals surface area (Å²) in [4.78, 5) is 8.34. The van der Waals surface area contributed by atoms with E-state index in [0.29, 0.717) is 6.04 Å². The van der Waals surface area contributed by atoms with Gasteiger partial charge in [-0.05, 0) is 61.9 Å². The van der Waals surface area contributed by atoms with Crippen molar-refractivity contribution in [2.75, 3.05) is 18.8 Å². The number of hydrogen-bond acceptors (Lipinski definition) is 3. The van der Waals surface area contributed by atoms with Crippen LogP contribution in [0.5, 0.6) is 0 Å². The van der Waals surface area contributed by atoms with Crippen molar-refractivity contribution in [2.45, 2.75) is 36.6 Å². The van der Waals surface area contributed by atoms with Gasteiger partial charge in [0.2, 0.25) is 0 Å². The van der Waals surface area contributed by atoms with Crippen molar-refractivity contribution in [1.82, 2.24) is 9.88 Å². The number of aromatic nitrogens is 1. The highest BCUT2D eigenvalue weighted by Gasteiger charge is 2.23. The molecule has 116 valence electrons. The van der Waals surface area contributed by atoms with E-state index in [0.717, 1.165) is 0 Å². The summed E-state index contributed by atoms with van der Waals surface area (Å²) in [5.74, 6) is 1.19. The molecule has 1 aromatic heterocycles. The van der Waals surface area contributed by atoms with Crippen LogP contribution in [-0.2, 0) is 0 Å². The first kappa shape index (κ1) is 15.6. The highest BCUT2D eigenvalue weighted by Crippen LogP contribution is 2.30. The van der Waals surface area contributed by atoms with Gasteiger partial charge in [-0.1, -0.05) is 30.7 Å². The summed E-state index contributed by atoms with van der Waals surface area (Å²) < 4.78 is 0. The van der Waals surface area contributed by atoms with Crippen LogP contribution < -0.4 is 0 Å². The predicted octanol–water partition coefficient (Wildman–Crippen LogP) is 4.79. The molecule has 0 bridgehead atoms. The largest absolute Gasteiger partial charge is 0.296 e. The van der Waals surface area contributed by atoms with Crippen molar-refractivity contribution in [3.05, 3.63) is 60.4 Å². The lowest BCUT2D eigenvalue weighted by Crippen LogP contribution is -2.34. The molecule has 0 amide bonds. The van der Waals surface area contributed by atoms with Gasteiger partial charge < -0.3 is 0 Å². The van der Waals surface area contributed by atoms with Gasteiger partial charge in [-0.3, -0.25) is 9.88 Å². The standard InChI is InChI=1S/C19H24N2S/c1-2-9-18(10-3-1)22-15-7-14-21-13-5-4-11-19(21)17-8-6-12-20-16-17/h1-3,6,8-10,12,16,19H,4-5,7,11,13-15H2. The summed E-state index contributed by atoms with van der Waals surface area (Å²) in [6.45, 7) is 2.43. The van der Waals surface area contributed by atoms with Crippen LogP contribution in [-0.4, -0.2) is 28.7 Å². The van der Waals surface area contributed by atoms with Crippen molar-refractivity contribution in [3.63, 3.8) is 0 Å². The van der Waals surface area contributed by atoms with Gasteiger partial charge >= 0.3 is 0 Å². The molecule has 2 nitrogen and oxygen atoms in total. The topological polar surface area (TPSA) is 16.1 Å². The second-order valence-electron chi connectivity index (χ2n) is 5.85. The second-order valence-corrected chi connectivity index (χ2v) is 7.02. The van der Waals surface area contributed by atoms with E-state index in [2.05, 4.69) is 52.3 Å². The fourth-order valence-electron chi connectivity index (χ4n) is 3.18. The van der Waals surface area contributed by atoms with Gasteiger partial charge in [0, 0.05) is 23.3 Å². The highest BCUT2D eigenvalue weighted by molar-refractivity contribution is 7.99. The summed E-state index contributed by atoms with van der Waals surface area (Å²) in [6.07, 6.45) is 9.11. The summed E-state index contributed by atoms with van der Waals surface area (Å²) >= 11 is 1.97. The van der Waals surface area contributed by atoms with Gasteiger partial charge in [0.25, 0.3) is 0 Å². The number of piperidine rings is 1. The number of hydrogen-bond donors (Lipinski definition) is 0. The van der Waals surface area contributed by atoms with Gasteiger partial charge in [-0.15, -0.1) is 11.8 Å². The summed E-state index contributed by atoms with van der Waals surface area (Å²) in [5.41, 5.74) is 1.39. The molecule has 1 atom stereocenters. The van der Waals surface area contributed by atoms with Gasteiger partial charge in [0.05, 0.1) is 0 Å². The van der Waals surface area contributed by atoms with E-state index in [9.17, 15) is 0 Å². The quantitative estimate of drug-likeness (QED) is 0.563. The average molecular weight is 312 g/mol. The van der Waals surface area contributed by atoms with Crippen LogP contribution in [0, 0.1) is 0 Å². The normalized spacial score (nSPS) is 19.2. The van der Waals surface area contributed by atoms with Crippen LogP contribution >= 0.6 is 11.8 Å². The van der Waals surface area contributed by atoms with E-state index < -0.39 is 0 Å². The van der Waals surface area contributed by atoms with E-state index in [1.165, 1.54) is 55.0 Å². The Morgan fingerprint density at radius 1 is 1.09 bits per heavy atom. The minimum atomic E-state index is 0.573. The molecule has 2 aromatic rings. The molecule has 0 N–H and O–H groups in total. The smallest absolute Gasteiger partial charge is 0.0363 e. The van der Waals surface area contributed by atoms with Crippen LogP contribution in [0.4, 0.5) is 0 Å². The second kappa shape index (κ2) is 8.35. The third kappa shape index (κ3) is 4.34. The molecular weight excluding hydrogens is 288 g/mol. The third-order valence-corrected chi connectivity index (χ3v) is 5.38. The fourth-order valence-corrected chi connectivity index (χ4v) is 4.04. The molecule has 1 aliphatic rings. The Bertz CT molecular complexity index is 544. The summed E-state index contributed by atoms with van der Waals surface area (Å²) in [6, 6.07) is 15.6. The number of thioether (sulfide) groups is 1. The summed E-state index contributed by atoms with van der Waals surface area (Å²) in [5, 5.41) is 0. The van der Waals surface area contributed by atoms with Crippen LogP contribution in [0.15, 0.2) is 59.8 Å². The highest BCUT2D eigenvalue weighted by atomic mass is 32.2. The molecule has 0 spiro atoms. The SMILES string of the molecule is c1ccc(SCCCN2CCCCC2c2cccnc2)cc1. The lowest BCUT2D eigenvalue weighted by Gasteiger charge is -2.35. The summed E-state index contributed by atoms with van der Waals surface area (Å²) in [7, 11) is 0. The molecule has 3 rings (SSSR count). The minimum Gasteiger partial charge on any atom is -0.296 e. The van der Waals surface area contributed by atoms with Gasteiger partial charge in [0.15, 0.2) is 0 Å². The van der Waals surface area contributed by atoms with E-state index in [-0.39, 0.29) is 0 Å². The Morgan fingerprint density at radius 3 is 2.82 bits per heavy atom. The van der Waals surface area contributed by atoms with E-state index in [4.69, 9.17) is 0 Å². The number of benzene rings is 1. The molecule has 22 heavy (non-hydrogen) atoms. The predicted molar refractivity (Wildman–Crippen MR) is 94.2 cm³/mol. The van der Waals surface area contributed by atoms with Crippen molar-refractivity contribution < 1.29 is 0 Å². The van der Waals surface area contributed by atoms with Crippen molar-refractivity contribution in [2.24, 2.45) is 0 Å². The van der Waals surface area contributed by atoms with Crippen molar-refractivity contribution in [1.29, 1.82) is 0 Å². The zero-order chi connectivity index (χ0) is 15.0. The monoisotopic (exact) mass is 312 g/mol. The van der Waals surface area contributed by atoms with E-state index in [1.807, 2.05) is 24.2 Å². The van der Waals surface area contributed by atoms with Crippen LogP contribution in [0.1, 0.15) is 37.3 Å². The van der Waals surface area contributed by atoms with E-state index in [1.54, 1.807) is 0 Å². The first-order valence-electron chi connectivity index (χ1n) is 8.25. The fraction of sp³-hybridized carbons (Fsp3) is 0.421.